The maximum atomic E-state index is 12.9. The summed E-state index contributed by atoms with van der Waals surface area (Å²) in [6, 6.07) is 3.94. The fraction of sp³-hybridized carbons (Fsp3) is 0.429. The van der Waals surface area contributed by atoms with Crippen LogP contribution in [-0.2, 0) is 14.3 Å². The van der Waals surface area contributed by atoms with Gasteiger partial charge in [0.25, 0.3) is 5.91 Å². The van der Waals surface area contributed by atoms with Crippen LogP contribution < -0.4 is 10.1 Å². The fourth-order valence-corrected chi connectivity index (χ4v) is 1.95. The van der Waals surface area contributed by atoms with Crippen molar-refractivity contribution in [1.29, 1.82) is 0 Å². The molecule has 1 amide bonds. The van der Waals surface area contributed by atoms with Crippen molar-refractivity contribution >= 4 is 27.8 Å². The van der Waals surface area contributed by atoms with Gasteiger partial charge < -0.3 is 14.8 Å². The number of carbonyl (C=O) groups excluding carboxylic acids is 2. The SMILES string of the molecule is CCOC(=O)CCCNC(=O)COc1ccc(F)cc1Br. The minimum atomic E-state index is -0.391. The summed E-state index contributed by atoms with van der Waals surface area (Å²) in [6.07, 6.45) is 0.767. The van der Waals surface area contributed by atoms with Gasteiger partial charge in [0, 0.05) is 13.0 Å². The second-order valence-corrected chi connectivity index (χ2v) is 4.98. The molecular formula is C14H17BrFNO4. The largest absolute Gasteiger partial charge is 0.483 e. The number of benzene rings is 1. The maximum Gasteiger partial charge on any atom is 0.305 e. The Hall–Kier alpha value is -1.63. The summed E-state index contributed by atoms with van der Waals surface area (Å²) in [4.78, 5) is 22.6. The number of ether oxygens (including phenoxy) is 2. The van der Waals surface area contributed by atoms with Crippen LogP contribution in [0.5, 0.6) is 5.75 Å². The number of carbonyl (C=O) groups is 2. The van der Waals surface area contributed by atoms with Gasteiger partial charge in [-0.1, -0.05) is 0 Å². The number of esters is 1. The van der Waals surface area contributed by atoms with Gasteiger partial charge in [-0.3, -0.25) is 9.59 Å². The summed E-state index contributed by atoms with van der Waals surface area (Å²) < 4.78 is 23.3. The van der Waals surface area contributed by atoms with E-state index in [4.69, 9.17) is 9.47 Å². The molecule has 0 saturated carbocycles. The Balaban J connectivity index is 2.21. The van der Waals surface area contributed by atoms with E-state index in [1.165, 1.54) is 18.2 Å². The first kappa shape index (κ1) is 17.4. The highest BCUT2D eigenvalue weighted by atomic mass is 79.9. The van der Waals surface area contributed by atoms with Crippen molar-refractivity contribution in [3.63, 3.8) is 0 Å². The Morgan fingerprint density at radius 2 is 2.14 bits per heavy atom. The van der Waals surface area contributed by atoms with Crippen molar-refractivity contribution < 1.29 is 23.5 Å². The van der Waals surface area contributed by atoms with Crippen molar-refractivity contribution in [2.24, 2.45) is 0 Å². The lowest BCUT2D eigenvalue weighted by atomic mass is 10.3. The molecule has 5 nitrogen and oxygen atoms in total. The van der Waals surface area contributed by atoms with E-state index in [0.29, 0.717) is 29.8 Å². The van der Waals surface area contributed by atoms with E-state index in [0.717, 1.165) is 0 Å². The summed E-state index contributed by atoms with van der Waals surface area (Å²) in [5.74, 6) is -0.593. The molecule has 1 aromatic rings. The molecule has 0 radical (unpaired) electrons. The first-order valence-corrected chi connectivity index (χ1v) is 7.32. The number of halogens is 2. The van der Waals surface area contributed by atoms with Crippen LogP contribution in [0.4, 0.5) is 4.39 Å². The first-order valence-electron chi connectivity index (χ1n) is 6.53. The molecular weight excluding hydrogens is 345 g/mol. The normalized spacial score (nSPS) is 10.0. The average Bonchev–Trinajstić information content (AvgIpc) is 2.43. The highest BCUT2D eigenvalue weighted by Crippen LogP contribution is 2.25. The highest BCUT2D eigenvalue weighted by molar-refractivity contribution is 9.10. The highest BCUT2D eigenvalue weighted by Gasteiger charge is 2.07. The zero-order valence-electron chi connectivity index (χ0n) is 11.7. The molecule has 0 atom stereocenters. The van der Waals surface area contributed by atoms with Gasteiger partial charge in [-0.25, -0.2) is 4.39 Å². The third-order valence-electron chi connectivity index (χ3n) is 2.44. The molecule has 116 valence electrons. The second-order valence-electron chi connectivity index (χ2n) is 4.12. The summed E-state index contributed by atoms with van der Waals surface area (Å²) in [6.45, 7) is 2.28. The van der Waals surface area contributed by atoms with Crippen LogP contribution in [0, 0.1) is 5.82 Å². The van der Waals surface area contributed by atoms with Crippen LogP contribution in [0.25, 0.3) is 0 Å². The van der Waals surface area contributed by atoms with Crippen molar-refractivity contribution in [2.75, 3.05) is 19.8 Å². The lowest BCUT2D eigenvalue weighted by Gasteiger charge is -2.09. The molecule has 0 saturated heterocycles. The monoisotopic (exact) mass is 361 g/mol. The minimum Gasteiger partial charge on any atom is -0.483 e. The molecule has 0 spiro atoms. The fourth-order valence-electron chi connectivity index (χ4n) is 1.48. The molecule has 21 heavy (non-hydrogen) atoms. The molecule has 1 aromatic carbocycles. The molecule has 0 aliphatic rings. The zero-order chi connectivity index (χ0) is 15.7. The standard InChI is InChI=1S/C14H17BrFNO4/c1-2-20-14(19)4-3-7-17-13(18)9-21-12-6-5-10(16)8-11(12)15/h5-6,8H,2-4,7,9H2,1H3,(H,17,18). The quantitative estimate of drug-likeness (QED) is 0.570. The van der Waals surface area contributed by atoms with E-state index in [1.807, 2.05) is 0 Å². The van der Waals surface area contributed by atoms with E-state index >= 15 is 0 Å². The Morgan fingerprint density at radius 1 is 1.38 bits per heavy atom. The molecule has 0 aliphatic carbocycles. The Labute approximate surface area is 130 Å². The molecule has 0 heterocycles. The Kier molecular flexibility index (Phi) is 7.74. The van der Waals surface area contributed by atoms with Crippen molar-refractivity contribution in [2.45, 2.75) is 19.8 Å². The number of hydrogen-bond donors (Lipinski definition) is 1. The van der Waals surface area contributed by atoms with Crippen LogP contribution in [0.1, 0.15) is 19.8 Å². The molecule has 0 fully saturated rings. The van der Waals surface area contributed by atoms with Crippen LogP contribution >= 0.6 is 15.9 Å². The number of hydrogen-bond acceptors (Lipinski definition) is 4. The average molecular weight is 362 g/mol. The van der Waals surface area contributed by atoms with Crippen molar-refractivity contribution in [1.82, 2.24) is 5.32 Å². The predicted octanol–water partition coefficient (Wildman–Crippen LogP) is 2.43. The van der Waals surface area contributed by atoms with Gasteiger partial charge in [-0.15, -0.1) is 0 Å². The van der Waals surface area contributed by atoms with Gasteiger partial charge in [0.05, 0.1) is 11.1 Å². The minimum absolute atomic E-state index is 0.177. The molecule has 0 bridgehead atoms. The van der Waals surface area contributed by atoms with Crippen LogP contribution in [0.15, 0.2) is 22.7 Å². The lowest BCUT2D eigenvalue weighted by Crippen LogP contribution is -2.30. The first-order chi connectivity index (χ1) is 10.0. The van der Waals surface area contributed by atoms with Crippen LogP contribution in [0.2, 0.25) is 0 Å². The van der Waals surface area contributed by atoms with Gasteiger partial charge in [0.2, 0.25) is 0 Å². The third-order valence-corrected chi connectivity index (χ3v) is 3.06. The van der Waals surface area contributed by atoms with Gasteiger partial charge in [-0.05, 0) is 47.5 Å². The maximum absolute atomic E-state index is 12.9. The number of rotatable bonds is 8. The number of nitrogens with one attached hydrogen (secondary N) is 1. The van der Waals surface area contributed by atoms with Crippen molar-refractivity contribution in [3.05, 3.63) is 28.5 Å². The molecule has 0 aliphatic heterocycles. The lowest BCUT2D eigenvalue weighted by molar-refractivity contribution is -0.143. The summed E-state index contributed by atoms with van der Waals surface area (Å²) >= 11 is 3.14. The predicted molar refractivity (Wildman–Crippen MR) is 78.5 cm³/mol. The van der Waals surface area contributed by atoms with Crippen molar-refractivity contribution in [3.8, 4) is 5.75 Å². The molecule has 0 aromatic heterocycles. The van der Waals surface area contributed by atoms with E-state index in [1.54, 1.807) is 6.92 Å². The third kappa shape index (κ3) is 7.08. The van der Waals surface area contributed by atoms with Crippen LogP contribution in [-0.4, -0.2) is 31.6 Å². The molecule has 1 N–H and O–H groups in total. The molecule has 1 rings (SSSR count). The Morgan fingerprint density at radius 3 is 2.81 bits per heavy atom. The Bertz CT molecular complexity index is 496. The summed E-state index contributed by atoms with van der Waals surface area (Å²) in [5.41, 5.74) is 0. The van der Waals surface area contributed by atoms with Gasteiger partial charge in [0.1, 0.15) is 11.6 Å². The van der Waals surface area contributed by atoms with E-state index in [9.17, 15) is 14.0 Å². The van der Waals surface area contributed by atoms with Gasteiger partial charge >= 0.3 is 5.97 Å². The molecule has 0 unspecified atom stereocenters. The van der Waals surface area contributed by atoms with E-state index < -0.39 is 5.82 Å². The van der Waals surface area contributed by atoms with Crippen LogP contribution in [0.3, 0.4) is 0 Å². The number of amides is 1. The van der Waals surface area contributed by atoms with Gasteiger partial charge in [0.15, 0.2) is 6.61 Å². The zero-order valence-corrected chi connectivity index (χ0v) is 13.2. The summed E-state index contributed by atoms with van der Waals surface area (Å²) in [7, 11) is 0. The summed E-state index contributed by atoms with van der Waals surface area (Å²) in [5, 5.41) is 2.62. The van der Waals surface area contributed by atoms with E-state index in [-0.39, 0.29) is 24.9 Å². The topological polar surface area (TPSA) is 64.6 Å². The van der Waals surface area contributed by atoms with Gasteiger partial charge in [-0.2, -0.15) is 0 Å². The smallest absolute Gasteiger partial charge is 0.305 e. The second kappa shape index (κ2) is 9.33. The molecule has 7 heteroatoms. The van der Waals surface area contributed by atoms with E-state index in [2.05, 4.69) is 21.2 Å².